The van der Waals surface area contributed by atoms with Crippen molar-refractivity contribution in [3.05, 3.63) is 0 Å². The second kappa shape index (κ2) is 40.1. The van der Waals surface area contributed by atoms with Gasteiger partial charge in [-0.15, -0.1) is 0 Å². The van der Waals surface area contributed by atoms with Crippen molar-refractivity contribution in [1.82, 2.24) is 0 Å². The van der Waals surface area contributed by atoms with Crippen molar-refractivity contribution in [3.63, 3.8) is 0 Å². The summed E-state index contributed by atoms with van der Waals surface area (Å²) in [6, 6.07) is 0. The molecule has 6 nitrogen and oxygen atoms in total. The first-order chi connectivity index (χ1) is 20.3. The Bertz CT molecular complexity index is 512. The van der Waals surface area contributed by atoms with Crippen LogP contribution in [-0.4, -0.2) is 72.1 Å². The fraction of sp³-hybridized carbons (Fsp3) is 0.944. The normalized spacial score (nSPS) is 12.2. The van der Waals surface area contributed by atoms with E-state index in [2.05, 4.69) is 0 Å². The molecule has 0 rings (SSSR count). The SMILES string of the molecule is CCC(O)CCCCCCCCCCCCCCC(=O)[O-].CCC(O)CCCCCCCCCCCCCCC(=O)[O-].[Ca+2]. The van der Waals surface area contributed by atoms with Gasteiger partial charge in [0, 0.05) is 11.9 Å². The van der Waals surface area contributed by atoms with Gasteiger partial charge in [-0.25, -0.2) is 0 Å². The average Bonchev–Trinajstić information content (AvgIpc) is 2.97. The fourth-order valence-corrected chi connectivity index (χ4v) is 5.24. The maximum absolute atomic E-state index is 10.2. The van der Waals surface area contributed by atoms with Gasteiger partial charge in [-0.1, -0.05) is 155 Å². The van der Waals surface area contributed by atoms with Gasteiger partial charge in [0.2, 0.25) is 0 Å². The molecule has 0 fully saturated rings. The van der Waals surface area contributed by atoms with Crippen LogP contribution in [0.3, 0.4) is 0 Å². The fourth-order valence-electron chi connectivity index (χ4n) is 5.24. The Hall–Kier alpha value is 0.120. The van der Waals surface area contributed by atoms with Crippen LogP contribution >= 0.6 is 0 Å². The van der Waals surface area contributed by atoms with E-state index in [1.165, 1.54) is 116 Å². The maximum Gasteiger partial charge on any atom is 2.00 e. The maximum atomic E-state index is 10.2. The number of carboxylic acid groups (broad SMARTS) is 2. The molecule has 252 valence electrons. The molecule has 0 spiro atoms. The van der Waals surface area contributed by atoms with Crippen LogP contribution < -0.4 is 10.2 Å². The minimum absolute atomic E-state index is 0. The Kier molecular flexibility index (Phi) is 44.4. The Labute approximate surface area is 296 Å². The molecule has 0 amide bonds. The van der Waals surface area contributed by atoms with Gasteiger partial charge in [0.1, 0.15) is 0 Å². The first-order valence-electron chi connectivity index (χ1n) is 18.1. The van der Waals surface area contributed by atoms with Crippen LogP contribution in [0.2, 0.25) is 0 Å². The summed E-state index contributed by atoms with van der Waals surface area (Å²) < 4.78 is 0. The molecular weight excluding hydrogens is 568 g/mol. The topological polar surface area (TPSA) is 121 Å². The average molecular weight is 639 g/mol. The smallest absolute Gasteiger partial charge is 0.550 e. The van der Waals surface area contributed by atoms with E-state index in [1.807, 2.05) is 13.8 Å². The molecule has 2 unspecified atom stereocenters. The second-order valence-corrected chi connectivity index (χ2v) is 12.4. The summed E-state index contributed by atoms with van der Waals surface area (Å²) in [5, 5.41) is 39.3. The van der Waals surface area contributed by atoms with Crippen molar-refractivity contribution in [3.8, 4) is 0 Å². The van der Waals surface area contributed by atoms with Crippen LogP contribution in [0.5, 0.6) is 0 Å². The summed E-state index contributed by atoms with van der Waals surface area (Å²) in [7, 11) is 0. The number of rotatable bonds is 32. The number of carbonyl (C=O) groups is 2. The van der Waals surface area contributed by atoms with Crippen molar-refractivity contribution in [2.24, 2.45) is 0 Å². The van der Waals surface area contributed by atoms with Crippen molar-refractivity contribution in [2.75, 3.05) is 0 Å². The molecule has 0 saturated heterocycles. The van der Waals surface area contributed by atoms with E-state index in [4.69, 9.17) is 0 Å². The first kappa shape index (κ1) is 47.5. The van der Waals surface area contributed by atoms with Crippen molar-refractivity contribution < 1.29 is 30.0 Å². The third kappa shape index (κ3) is 46.7. The van der Waals surface area contributed by atoms with E-state index in [0.29, 0.717) is 0 Å². The number of carbonyl (C=O) groups excluding carboxylic acids is 2. The summed E-state index contributed by atoms with van der Waals surface area (Å²) in [5.41, 5.74) is 0. The van der Waals surface area contributed by atoms with Gasteiger partial charge in [0.05, 0.1) is 12.2 Å². The third-order valence-electron chi connectivity index (χ3n) is 8.28. The number of aliphatic hydroxyl groups is 2. The van der Waals surface area contributed by atoms with Crippen LogP contribution in [-0.2, 0) is 9.59 Å². The predicted octanol–water partition coefficient (Wildman–Crippen LogP) is 7.56. The summed E-state index contributed by atoms with van der Waals surface area (Å²) in [5.74, 6) is -1.83. The van der Waals surface area contributed by atoms with Gasteiger partial charge in [0.15, 0.2) is 0 Å². The summed E-state index contributed by atoms with van der Waals surface area (Å²) in [4.78, 5) is 20.5. The molecule has 7 heteroatoms. The molecule has 0 radical (unpaired) electrons. The summed E-state index contributed by atoms with van der Waals surface area (Å²) >= 11 is 0. The van der Waals surface area contributed by atoms with Crippen molar-refractivity contribution in [1.29, 1.82) is 0 Å². The molecule has 0 aromatic heterocycles. The first-order valence-corrected chi connectivity index (χ1v) is 18.1. The van der Waals surface area contributed by atoms with Gasteiger partial charge >= 0.3 is 37.7 Å². The monoisotopic (exact) mass is 638 g/mol. The molecule has 0 saturated carbocycles. The third-order valence-corrected chi connectivity index (χ3v) is 8.28. The molecule has 0 aliphatic heterocycles. The van der Waals surface area contributed by atoms with Crippen molar-refractivity contribution >= 4 is 49.7 Å². The number of aliphatic carboxylic acids is 2. The van der Waals surface area contributed by atoms with Gasteiger partial charge in [-0.05, 0) is 51.4 Å². The minimum Gasteiger partial charge on any atom is -0.550 e. The Balaban J connectivity index is -0.000000727. The minimum atomic E-state index is -0.917. The molecule has 0 aliphatic rings. The Morgan fingerprint density at radius 2 is 0.605 bits per heavy atom. The molecule has 0 heterocycles. The quantitative estimate of drug-likeness (QED) is 0.0580. The van der Waals surface area contributed by atoms with E-state index in [9.17, 15) is 30.0 Å². The Morgan fingerprint density at radius 3 is 0.791 bits per heavy atom. The van der Waals surface area contributed by atoms with Gasteiger partial charge in [0.25, 0.3) is 0 Å². The molecule has 0 aromatic carbocycles. The van der Waals surface area contributed by atoms with Crippen LogP contribution in [0.1, 0.15) is 206 Å². The van der Waals surface area contributed by atoms with E-state index < -0.39 is 11.9 Å². The summed E-state index contributed by atoms with van der Waals surface area (Å²) in [6.45, 7) is 4.07. The Morgan fingerprint density at radius 1 is 0.419 bits per heavy atom. The molecule has 2 N–H and O–H groups in total. The standard InChI is InChI=1S/2C18H36O3.Ca/c2*1-2-17(19)15-13-11-9-7-5-3-4-6-8-10-12-14-16-18(20)21;/h2*17,19H,2-16H2,1H3,(H,20,21);/q;;+2/p-2. The molecule has 0 bridgehead atoms. The van der Waals surface area contributed by atoms with Gasteiger partial charge in [-0.3, -0.25) is 0 Å². The molecular formula is C36H70CaO6. The number of unbranched alkanes of at least 4 members (excludes halogenated alkanes) is 22. The zero-order valence-electron chi connectivity index (χ0n) is 28.6. The van der Waals surface area contributed by atoms with Crippen molar-refractivity contribution in [2.45, 2.75) is 219 Å². The number of carboxylic acids is 2. The van der Waals surface area contributed by atoms with Crippen LogP contribution in [0.25, 0.3) is 0 Å². The second-order valence-electron chi connectivity index (χ2n) is 12.4. The van der Waals surface area contributed by atoms with Gasteiger partial charge < -0.3 is 30.0 Å². The summed E-state index contributed by atoms with van der Waals surface area (Å²) in [6.07, 6.45) is 33.0. The number of aliphatic hydroxyl groups excluding tert-OH is 2. The van der Waals surface area contributed by atoms with E-state index in [-0.39, 0.29) is 62.8 Å². The van der Waals surface area contributed by atoms with E-state index in [1.54, 1.807) is 0 Å². The molecule has 0 aliphatic carbocycles. The zero-order valence-corrected chi connectivity index (χ0v) is 30.8. The molecule has 2 atom stereocenters. The van der Waals surface area contributed by atoms with E-state index >= 15 is 0 Å². The predicted molar refractivity (Wildman–Crippen MR) is 178 cm³/mol. The molecule has 43 heavy (non-hydrogen) atoms. The van der Waals surface area contributed by atoms with Crippen LogP contribution in [0, 0.1) is 0 Å². The number of hydrogen-bond acceptors (Lipinski definition) is 6. The molecule has 0 aromatic rings. The van der Waals surface area contributed by atoms with Crippen LogP contribution in [0.15, 0.2) is 0 Å². The van der Waals surface area contributed by atoms with Crippen LogP contribution in [0.4, 0.5) is 0 Å². The largest absolute Gasteiger partial charge is 2.00 e. The van der Waals surface area contributed by atoms with E-state index in [0.717, 1.165) is 64.2 Å². The number of hydrogen-bond donors (Lipinski definition) is 2. The zero-order chi connectivity index (χ0) is 31.5. The van der Waals surface area contributed by atoms with Gasteiger partial charge in [-0.2, -0.15) is 0 Å².